The Balaban J connectivity index is 1.94. The predicted molar refractivity (Wildman–Crippen MR) is 49.4 cm³/mol. The Kier molecular flexibility index (Phi) is 2.27. The number of rotatable bonds is 3. The van der Waals surface area contributed by atoms with E-state index in [0.717, 1.165) is 5.56 Å². The molecule has 1 aromatic heterocycles. The number of nitrogens with zero attached hydrogens (tertiary/aromatic N) is 1. The van der Waals surface area contributed by atoms with Gasteiger partial charge in [-0.25, -0.2) is 5.10 Å². The Hall–Kier alpha value is -1.77. The molecule has 0 saturated carbocycles. The summed E-state index contributed by atoms with van der Waals surface area (Å²) in [4.78, 5) is 0. The number of hydrogen-bond acceptors (Lipinski definition) is 2. The van der Waals surface area contributed by atoms with Crippen LogP contribution in [0.15, 0.2) is 42.6 Å². The Labute approximate surface area is 76.4 Å². The van der Waals surface area contributed by atoms with Gasteiger partial charge < -0.3 is 4.74 Å². The van der Waals surface area contributed by atoms with E-state index < -0.39 is 0 Å². The number of hydrogen-bond donors (Lipinski definition) is 1. The third-order valence-electron chi connectivity index (χ3n) is 1.71. The van der Waals surface area contributed by atoms with Crippen LogP contribution in [0.2, 0.25) is 0 Å². The highest BCUT2D eigenvalue weighted by Gasteiger charge is 1.94. The standard InChI is InChI=1S/C10H10N2O/c1-2-4-9(5-3-1)8-13-10-6-7-11-12-10/h1-7H,8H2,(H,11,12). The molecule has 1 heterocycles. The van der Waals surface area contributed by atoms with Crippen LogP contribution in [-0.2, 0) is 6.61 Å². The molecule has 0 saturated heterocycles. The zero-order chi connectivity index (χ0) is 8.93. The minimum Gasteiger partial charge on any atom is -0.473 e. The summed E-state index contributed by atoms with van der Waals surface area (Å²) in [6, 6.07) is 11.8. The number of aromatic amines is 1. The Morgan fingerprint density at radius 2 is 2.00 bits per heavy atom. The predicted octanol–water partition coefficient (Wildman–Crippen LogP) is 1.99. The number of aromatic nitrogens is 2. The topological polar surface area (TPSA) is 37.9 Å². The first kappa shape index (κ1) is 7.86. The lowest BCUT2D eigenvalue weighted by Gasteiger charge is -2.01. The van der Waals surface area contributed by atoms with Crippen molar-refractivity contribution < 1.29 is 4.74 Å². The molecule has 3 heteroatoms. The molecule has 1 N–H and O–H groups in total. The van der Waals surface area contributed by atoms with Crippen LogP contribution in [-0.4, -0.2) is 10.2 Å². The SMILES string of the molecule is c1ccc(COc2ccn[nH]2)cc1. The van der Waals surface area contributed by atoms with Crippen LogP contribution in [0, 0.1) is 0 Å². The quantitative estimate of drug-likeness (QED) is 0.772. The van der Waals surface area contributed by atoms with Crippen molar-refractivity contribution in [3.8, 4) is 5.88 Å². The molecule has 1 aromatic carbocycles. The summed E-state index contributed by atoms with van der Waals surface area (Å²) in [5, 5.41) is 6.52. The summed E-state index contributed by atoms with van der Waals surface area (Å²) in [6.07, 6.45) is 1.67. The lowest BCUT2D eigenvalue weighted by molar-refractivity contribution is 0.293. The van der Waals surface area contributed by atoms with Gasteiger partial charge in [-0.3, -0.25) is 0 Å². The average Bonchev–Trinajstić information content (AvgIpc) is 2.69. The van der Waals surface area contributed by atoms with Crippen LogP contribution in [0.1, 0.15) is 5.56 Å². The molecule has 0 bridgehead atoms. The van der Waals surface area contributed by atoms with E-state index in [1.807, 2.05) is 30.3 Å². The second-order valence-corrected chi connectivity index (χ2v) is 2.70. The van der Waals surface area contributed by atoms with E-state index in [1.165, 1.54) is 0 Å². The summed E-state index contributed by atoms with van der Waals surface area (Å²) in [5.74, 6) is 0.698. The Morgan fingerprint density at radius 3 is 2.69 bits per heavy atom. The minimum atomic E-state index is 0.572. The van der Waals surface area contributed by atoms with Crippen molar-refractivity contribution in [2.24, 2.45) is 0 Å². The van der Waals surface area contributed by atoms with Crippen LogP contribution in [0.5, 0.6) is 5.88 Å². The largest absolute Gasteiger partial charge is 0.473 e. The summed E-state index contributed by atoms with van der Waals surface area (Å²) >= 11 is 0. The molecule has 13 heavy (non-hydrogen) atoms. The van der Waals surface area contributed by atoms with E-state index in [9.17, 15) is 0 Å². The number of nitrogens with one attached hydrogen (secondary N) is 1. The first-order valence-corrected chi connectivity index (χ1v) is 4.11. The van der Waals surface area contributed by atoms with Gasteiger partial charge in [-0.1, -0.05) is 30.3 Å². The molecule has 0 aliphatic heterocycles. The Bertz CT molecular complexity index is 342. The molecule has 2 aromatic rings. The maximum Gasteiger partial charge on any atom is 0.209 e. The van der Waals surface area contributed by atoms with Crippen molar-refractivity contribution in [2.75, 3.05) is 0 Å². The molecule has 0 aliphatic carbocycles. The monoisotopic (exact) mass is 174 g/mol. The van der Waals surface area contributed by atoms with Gasteiger partial charge >= 0.3 is 0 Å². The summed E-state index contributed by atoms with van der Waals surface area (Å²) in [5.41, 5.74) is 1.15. The molecule has 0 fully saturated rings. The van der Waals surface area contributed by atoms with Gasteiger partial charge in [0.2, 0.25) is 5.88 Å². The van der Waals surface area contributed by atoms with Gasteiger partial charge in [0.15, 0.2) is 0 Å². The Morgan fingerprint density at radius 1 is 1.15 bits per heavy atom. The average molecular weight is 174 g/mol. The van der Waals surface area contributed by atoms with Gasteiger partial charge in [-0.2, -0.15) is 5.10 Å². The maximum atomic E-state index is 5.41. The fraction of sp³-hybridized carbons (Fsp3) is 0.100. The van der Waals surface area contributed by atoms with Crippen LogP contribution < -0.4 is 4.74 Å². The normalized spacial score (nSPS) is 9.85. The fourth-order valence-corrected chi connectivity index (χ4v) is 1.06. The zero-order valence-electron chi connectivity index (χ0n) is 7.10. The van der Waals surface area contributed by atoms with E-state index in [0.29, 0.717) is 12.5 Å². The van der Waals surface area contributed by atoms with Crippen molar-refractivity contribution in [3.63, 3.8) is 0 Å². The highest BCUT2D eigenvalue weighted by molar-refractivity contribution is 5.14. The number of H-pyrrole nitrogens is 1. The zero-order valence-corrected chi connectivity index (χ0v) is 7.10. The smallest absolute Gasteiger partial charge is 0.209 e. The van der Waals surface area contributed by atoms with Crippen LogP contribution >= 0.6 is 0 Å². The van der Waals surface area contributed by atoms with Crippen molar-refractivity contribution in [2.45, 2.75) is 6.61 Å². The first-order valence-electron chi connectivity index (χ1n) is 4.11. The van der Waals surface area contributed by atoms with Gasteiger partial charge in [0.25, 0.3) is 0 Å². The highest BCUT2D eigenvalue weighted by Crippen LogP contribution is 2.06. The lowest BCUT2D eigenvalue weighted by atomic mass is 10.2. The van der Waals surface area contributed by atoms with E-state index in [4.69, 9.17) is 4.74 Å². The summed E-state index contributed by atoms with van der Waals surface area (Å²) < 4.78 is 5.41. The van der Waals surface area contributed by atoms with Gasteiger partial charge in [-0.15, -0.1) is 0 Å². The van der Waals surface area contributed by atoms with Crippen LogP contribution in [0.4, 0.5) is 0 Å². The summed E-state index contributed by atoms with van der Waals surface area (Å²) in [7, 11) is 0. The fourth-order valence-electron chi connectivity index (χ4n) is 1.06. The van der Waals surface area contributed by atoms with Gasteiger partial charge in [0.05, 0.1) is 6.20 Å². The maximum absolute atomic E-state index is 5.41. The third kappa shape index (κ3) is 2.08. The molecule has 0 radical (unpaired) electrons. The van der Waals surface area contributed by atoms with Gasteiger partial charge in [-0.05, 0) is 5.56 Å². The van der Waals surface area contributed by atoms with E-state index in [1.54, 1.807) is 12.3 Å². The molecule has 0 spiro atoms. The van der Waals surface area contributed by atoms with E-state index >= 15 is 0 Å². The second kappa shape index (κ2) is 3.76. The number of ether oxygens (including phenoxy) is 1. The van der Waals surface area contributed by atoms with Crippen molar-refractivity contribution in [1.82, 2.24) is 10.2 Å². The second-order valence-electron chi connectivity index (χ2n) is 2.70. The van der Waals surface area contributed by atoms with E-state index in [-0.39, 0.29) is 0 Å². The highest BCUT2D eigenvalue weighted by atomic mass is 16.5. The first-order chi connectivity index (χ1) is 6.45. The molecule has 3 nitrogen and oxygen atoms in total. The van der Waals surface area contributed by atoms with Crippen molar-refractivity contribution in [1.29, 1.82) is 0 Å². The molecule has 0 aliphatic rings. The summed E-state index contributed by atoms with van der Waals surface area (Å²) in [6.45, 7) is 0.572. The molecule has 66 valence electrons. The van der Waals surface area contributed by atoms with Crippen LogP contribution in [0.25, 0.3) is 0 Å². The molecular weight excluding hydrogens is 164 g/mol. The van der Waals surface area contributed by atoms with Gasteiger partial charge in [0, 0.05) is 6.07 Å². The third-order valence-corrected chi connectivity index (χ3v) is 1.71. The molecule has 2 rings (SSSR count). The van der Waals surface area contributed by atoms with Gasteiger partial charge in [0.1, 0.15) is 6.61 Å². The number of benzene rings is 1. The van der Waals surface area contributed by atoms with Crippen LogP contribution in [0.3, 0.4) is 0 Å². The molecular formula is C10H10N2O. The van der Waals surface area contributed by atoms with Crippen molar-refractivity contribution in [3.05, 3.63) is 48.2 Å². The van der Waals surface area contributed by atoms with Crippen molar-refractivity contribution >= 4 is 0 Å². The molecule has 0 atom stereocenters. The molecule has 0 amide bonds. The van der Waals surface area contributed by atoms with E-state index in [2.05, 4.69) is 10.2 Å². The minimum absolute atomic E-state index is 0.572. The lowest BCUT2D eigenvalue weighted by Crippen LogP contribution is -1.94. The molecule has 0 unspecified atom stereocenters.